The van der Waals surface area contributed by atoms with Gasteiger partial charge in [-0.25, -0.2) is 10.2 Å². The molecule has 696 valence electrons. The van der Waals surface area contributed by atoms with E-state index in [2.05, 4.69) is 288 Å². The summed E-state index contributed by atoms with van der Waals surface area (Å²) in [6.07, 6.45) is 52.0. The molecule has 10 heteroatoms. The largest absolute Gasteiger partial charge is 3.00 e. The molecule has 3 heterocycles. The fourth-order valence-electron chi connectivity index (χ4n) is 21.0. The minimum Gasteiger partial charge on any atom is -0.333 e. The average molecular weight is 1980 g/mol. The molecule has 0 atom stereocenters. The van der Waals surface area contributed by atoms with Crippen LogP contribution in [-0.2, 0) is 97.2 Å². The van der Waals surface area contributed by atoms with E-state index >= 15 is 0 Å². The maximum Gasteiger partial charge on any atom is 3.00 e. The van der Waals surface area contributed by atoms with Gasteiger partial charge in [0.25, 0.3) is 0 Å². The minimum atomic E-state index is 0. The van der Waals surface area contributed by atoms with Crippen molar-refractivity contribution in [3.05, 3.63) is 398 Å². The van der Waals surface area contributed by atoms with Crippen LogP contribution in [0.4, 0.5) is 5.69 Å². The van der Waals surface area contributed by atoms with Crippen LogP contribution < -0.4 is 0 Å². The molecule has 0 radical (unpaired) electrons. The molecule has 0 fully saturated rings. The van der Waals surface area contributed by atoms with Crippen molar-refractivity contribution in [2.24, 2.45) is 0 Å². The van der Waals surface area contributed by atoms with Crippen LogP contribution in [0, 0.1) is 68.2 Å². The predicted octanol–water partition coefficient (Wildman–Crippen LogP) is 32.8. The van der Waals surface area contributed by atoms with Crippen LogP contribution >= 0.6 is 0 Å². The molecule has 12 bridgehead atoms. The second-order valence-electron chi connectivity index (χ2n) is 38.3. The zero-order valence-corrected chi connectivity index (χ0v) is 83.5. The van der Waals surface area contributed by atoms with Crippen molar-refractivity contribution in [1.29, 1.82) is 10.5 Å². The molecule has 0 spiro atoms. The Labute approximate surface area is 831 Å². The van der Waals surface area contributed by atoms with Gasteiger partial charge in [-0.1, -0.05) is 296 Å². The Morgan fingerprint density at radius 3 is 0.898 bits per heavy atom. The molecule has 0 aliphatic heterocycles. The van der Waals surface area contributed by atoms with Crippen LogP contribution in [-0.4, -0.2) is 28.7 Å². The SMILES string of the molecule is [C-]#[N+]c1cc[c-]c(-c2ncc(-c3c4cccc3CCCCCCc3cccc(c3)CCCCCCc3cccc(c3-c3cnc(-c5c[c-]cc(C#N)c5)n3-c3ccccc3C)CCCCCCCc3cccc(c3)CCCCCCCc3cccc(c3-c3cnc(-c5[c-]ccc(C#N)c5)n3-c3ccccc3C)CCCCCCCc3cccc(c3)CCCCCCC4)n2-c2ccccc2C)c1.[Ir+3]. The van der Waals surface area contributed by atoms with E-state index in [1.54, 1.807) is 6.07 Å². The normalized spacial score (nSPS) is 14.9. The third-order valence-electron chi connectivity index (χ3n) is 28.3. The summed E-state index contributed by atoms with van der Waals surface area (Å²) in [6, 6.07) is 107. The first-order valence-electron chi connectivity index (χ1n) is 51.3. The van der Waals surface area contributed by atoms with Crippen LogP contribution in [0.25, 0.3) is 89.8 Å². The number of aromatic nitrogens is 6. The Hall–Kier alpha value is -12.6. The molecule has 0 saturated heterocycles. The number of hydrogen-bond acceptors (Lipinski definition) is 5. The van der Waals surface area contributed by atoms with Crippen molar-refractivity contribution < 1.29 is 20.1 Å². The number of fused-ring (bicyclic) bond motifs is 12. The zero-order valence-electron chi connectivity index (χ0n) is 81.1. The molecular formula is C127H134IrN9. The second kappa shape index (κ2) is 51.5. The number of para-hydroxylation sites is 3. The Bertz CT molecular complexity index is 6270. The molecule has 0 amide bonds. The summed E-state index contributed by atoms with van der Waals surface area (Å²) < 4.78 is 7.06. The summed E-state index contributed by atoms with van der Waals surface area (Å²) in [4.78, 5) is 19.5. The number of rotatable bonds is 9. The Balaban J connectivity index is 0.0000143. The van der Waals surface area contributed by atoms with E-state index in [4.69, 9.17) is 21.5 Å². The number of nitrogens with zero attached hydrogens (tertiary/aromatic N) is 9. The van der Waals surface area contributed by atoms with Crippen LogP contribution in [0.3, 0.4) is 0 Å². The average Bonchev–Trinajstić information content (AvgIpc) is 1.63. The molecule has 15 aromatic rings. The molecule has 0 N–H and O–H groups in total. The van der Waals surface area contributed by atoms with E-state index < -0.39 is 0 Å². The number of imidazole rings is 3. The topological polar surface area (TPSA) is 105 Å². The van der Waals surface area contributed by atoms with Gasteiger partial charge in [0, 0.05) is 52.2 Å². The summed E-state index contributed by atoms with van der Waals surface area (Å²) in [7, 11) is 0. The van der Waals surface area contributed by atoms with Crippen molar-refractivity contribution in [2.45, 2.75) is 278 Å². The fourth-order valence-corrected chi connectivity index (χ4v) is 21.0. The van der Waals surface area contributed by atoms with E-state index in [0.29, 0.717) is 16.8 Å². The third-order valence-corrected chi connectivity index (χ3v) is 28.3. The maximum atomic E-state index is 10.1. The monoisotopic (exact) mass is 1980 g/mol. The van der Waals surface area contributed by atoms with Gasteiger partial charge in [0.2, 0.25) is 0 Å². The summed E-state index contributed by atoms with van der Waals surface area (Å²) in [6.45, 7) is 14.5. The Kier molecular flexibility index (Phi) is 37.2. The van der Waals surface area contributed by atoms with E-state index in [1.165, 1.54) is 241 Å². The standard InChI is InChI=1S/C127H134N9.Ir/c1-95-48-33-36-81-116(95)134-119(92-131-125(134)112-77-42-63-104(87-112)90-128)122-106-65-27-13-5-9-21-51-98-57-39-59-100(84-98)53-23-11-7-15-29-67-108-73-45-75-110(123(108)120-93-132-126(113-78-43-64-105(88-113)91-129)135(120)117-82-37-34-49-96(117)2)69-31-19-17-25-55-102-61-41-62-103(86-102)56-26-18-20-32-70-111-76-46-74-109(124(111)121-94-133-127(114-79-47-80-115(89-114)130-4)136(121)118-83-38-35-50-97(118)3)68-30-16-8-12-24-54-101-60-40-58-99(85-101)52-22-10-6-14-28-66-107(122)72-44-71-106;/h33-42,44-50,57-64,71-76,78,80-89,92-94H,5-32,51-56,65-70H2,1-3H3;/q-3;+3. The van der Waals surface area contributed by atoms with Gasteiger partial charge < -0.3 is 13.7 Å². The smallest absolute Gasteiger partial charge is 0.333 e. The fraction of sp³-hybridized carbons (Fsp3) is 0.339. The van der Waals surface area contributed by atoms with Crippen molar-refractivity contribution in [1.82, 2.24) is 28.7 Å². The van der Waals surface area contributed by atoms with E-state index in [0.717, 1.165) is 184 Å². The van der Waals surface area contributed by atoms with Crippen molar-refractivity contribution in [3.8, 4) is 97.1 Å². The quantitative estimate of drug-likeness (QED) is 0.134. The Morgan fingerprint density at radius 2 is 0.577 bits per heavy atom. The van der Waals surface area contributed by atoms with Gasteiger partial charge in [0.1, 0.15) is 5.69 Å². The molecule has 137 heavy (non-hydrogen) atoms. The summed E-state index contributed by atoms with van der Waals surface area (Å²) in [5.41, 5.74) is 35.4. The summed E-state index contributed by atoms with van der Waals surface area (Å²) in [5.74, 6) is 2.43. The minimum absolute atomic E-state index is 0. The van der Waals surface area contributed by atoms with Gasteiger partial charge in [-0.15, -0.1) is 59.7 Å². The molecule has 1 aliphatic carbocycles. The van der Waals surface area contributed by atoms with Gasteiger partial charge >= 0.3 is 20.1 Å². The van der Waals surface area contributed by atoms with Gasteiger partial charge in [0.15, 0.2) is 0 Å². The summed E-state index contributed by atoms with van der Waals surface area (Å²) >= 11 is 0. The van der Waals surface area contributed by atoms with Crippen molar-refractivity contribution in [2.75, 3.05) is 0 Å². The van der Waals surface area contributed by atoms with E-state index in [9.17, 15) is 10.5 Å². The molecule has 9 nitrogen and oxygen atoms in total. The third kappa shape index (κ3) is 26.6. The molecule has 1 aliphatic rings. The van der Waals surface area contributed by atoms with Crippen LogP contribution in [0.1, 0.15) is 274 Å². The maximum absolute atomic E-state index is 10.1. The first-order valence-corrected chi connectivity index (χ1v) is 51.3. The molecule has 12 aromatic carbocycles. The van der Waals surface area contributed by atoms with Crippen molar-refractivity contribution >= 4 is 5.69 Å². The van der Waals surface area contributed by atoms with E-state index in [1.807, 2.05) is 48.5 Å². The number of aryl methyl sites for hydroxylation is 15. The van der Waals surface area contributed by atoms with Gasteiger partial charge in [0.05, 0.1) is 53.4 Å². The first kappa shape index (κ1) is 98.9. The predicted molar refractivity (Wildman–Crippen MR) is 563 cm³/mol. The first-order chi connectivity index (χ1) is 67.1. The van der Waals surface area contributed by atoms with E-state index in [-0.39, 0.29) is 20.1 Å². The molecule has 16 rings (SSSR count). The second-order valence-corrected chi connectivity index (χ2v) is 38.3. The van der Waals surface area contributed by atoms with Gasteiger partial charge in [-0.05, 0) is 282 Å². The van der Waals surface area contributed by atoms with Crippen LogP contribution in [0.2, 0.25) is 0 Å². The van der Waals surface area contributed by atoms with Crippen LogP contribution in [0.5, 0.6) is 0 Å². The Morgan fingerprint density at radius 1 is 0.292 bits per heavy atom. The summed E-state index contributed by atoms with van der Waals surface area (Å²) in [5, 5.41) is 20.2. The molecule has 0 saturated carbocycles. The molecule has 0 unspecified atom stereocenters. The number of hydrogen-bond donors (Lipinski definition) is 0. The molecular weight excluding hydrogens is 1840 g/mol. The molecule has 3 aromatic heterocycles. The van der Waals surface area contributed by atoms with Gasteiger partial charge in [-0.3, -0.25) is 14.8 Å². The van der Waals surface area contributed by atoms with Crippen molar-refractivity contribution in [3.63, 3.8) is 0 Å². The number of nitriles is 2. The van der Waals surface area contributed by atoms with Gasteiger partial charge in [-0.2, -0.15) is 29.5 Å². The van der Waals surface area contributed by atoms with Crippen LogP contribution in [0.15, 0.2) is 273 Å². The number of benzene rings is 12. The zero-order chi connectivity index (χ0) is 93.3.